The molecular weight excluding hydrogens is 265 g/mol. The van der Waals surface area contributed by atoms with Crippen LogP contribution in [-0.2, 0) is 17.4 Å². The van der Waals surface area contributed by atoms with Gasteiger partial charge in [0.2, 0.25) is 0 Å². The molecule has 0 aromatic heterocycles. The lowest BCUT2D eigenvalue weighted by atomic mass is 10.0. The monoisotopic (exact) mass is 276 g/mol. The highest BCUT2D eigenvalue weighted by Gasteiger charge is 2.35. The Hall–Kier alpha value is -1.17. The summed E-state index contributed by atoms with van der Waals surface area (Å²) in [6.45, 7) is 1.58. The highest BCUT2D eigenvalue weighted by molar-refractivity contribution is 8.00. The summed E-state index contributed by atoms with van der Waals surface area (Å²) in [6.07, 6.45) is -3.85. The number of rotatable bonds is 2. The van der Waals surface area contributed by atoms with Crippen molar-refractivity contribution in [2.75, 3.05) is 0 Å². The smallest absolute Gasteiger partial charge is 0.416 e. The van der Waals surface area contributed by atoms with Crippen molar-refractivity contribution >= 4 is 17.7 Å². The number of fused-ring (bicyclic) bond motifs is 1. The maximum Gasteiger partial charge on any atom is 0.416 e. The van der Waals surface area contributed by atoms with Crippen LogP contribution in [0.1, 0.15) is 18.1 Å². The van der Waals surface area contributed by atoms with E-state index in [0.29, 0.717) is 11.3 Å². The van der Waals surface area contributed by atoms with Gasteiger partial charge in [0.05, 0.1) is 11.5 Å². The van der Waals surface area contributed by atoms with Crippen molar-refractivity contribution in [3.8, 4) is 0 Å². The summed E-state index contributed by atoms with van der Waals surface area (Å²) < 4.78 is 37.6. The summed E-state index contributed by atoms with van der Waals surface area (Å²) in [5, 5.41) is 8.72. The zero-order chi connectivity index (χ0) is 13.5. The van der Waals surface area contributed by atoms with Crippen molar-refractivity contribution in [2.24, 2.45) is 5.92 Å². The highest BCUT2D eigenvalue weighted by atomic mass is 32.2. The van der Waals surface area contributed by atoms with E-state index in [2.05, 4.69) is 0 Å². The Morgan fingerprint density at radius 3 is 2.72 bits per heavy atom. The van der Waals surface area contributed by atoms with Gasteiger partial charge in [-0.3, -0.25) is 4.79 Å². The van der Waals surface area contributed by atoms with Crippen LogP contribution in [0.4, 0.5) is 13.2 Å². The maximum absolute atomic E-state index is 12.5. The van der Waals surface area contributed by atoms with Gasteiger partial charge in [-0.25, -0.2) is 0 Å². The van der Waals surface area contributed by atoms with Gasteiger partial charge in [-0.05, 0) is 24.1 Å². The molecule has 0 spiro atoms. The number of hydrogen-bond acceptors (Lipinski definition) is 2. The van der Waals surface area contributed by atoms with Crippen LogP contribution in [0.5, 0.6) is 0 Å². The summed E-state index contributed by atoms with van der Waals surface area (Å²) in [5.74, 6) is -1.49. The van der Waals surface area contributed by atoms with Crippen LogP contribution < -0.4 is 0 Å². The molecule has 1 N–H and O–H groups in total. The Kier molecular flexibility index (Phi) is 3.31. The first-order valence-electron chi connectivity index (χ1n) is 5.38. The largest absolute Gasteiger partial charge is 0.481 e. The minimum Gasteiger partial charge on any atom is -0.481 e. The second kappa shape index (κ2) is 4.50. The average Bonchev–Trinajstić information content (AvgIpc) is 2.68. The van der Waals surface area contributed by atoms with Crippen molar-refractivity contribution in [1.29, 1.82) is 0 Å². The molecule has 1 aliphatic heterocycles. The lowest BCUT2D eigenvalue weighted by Crippen LogP contribution is -2.22. The number of halogens is 3. The fourth-order valence-corrected chi connectivity index (χ4v) is 3.28. The second-order valence-electron chi connectivity index (χ2n) is 4.31. The van der Waals surface area contributed by atoms with Crippen LogP contribution in [0.25, 0.3) is 0 Å². The van der Waals surface area contributed by atoms with Gasteiger partial charge >= 0.3 is 12.1 Å². The highest BCUT2D eigenvalue weighted by Crippen LogP contribution is 2.43. The van der Waals surface area contributed by atoms with Gasteiger partial charge in [-0.2, -0.15) is 13.2 Å². The van der Waals surface area contributed by atoms with Crippen LogP contribution in [0.2, 0.25) is 0 Å². The van der Waals surface area contributed by atoms with E-state index in [9.17, 15) is 18.0 Å². The fraction of sp³-hybridized carbons (Fsp3) is 0.417. The molecule has 0 saturated heterocycles. The zero-order valence-corrected chi connectivity index (χ0v) is 10.3. The molecule has 0 amide bonds. The third-order valence-corrected chi connectivity index (χ3v) is 4.55. The van der Waals surface area contributed by atoms with E-state index in [1.54, 1.807) is 6.92 Å². The average molecular weight is 276 g/mol. The summed E-state index contributed by atoms with van der Waals surface area (Å²) in [6, 6.07) is 3.60. The van der Waals surface area contributed by atoms with Crippen molar-refractivity contribution in [2.45, 2.75) is 29.7 Å². The summed E-state index contributed by atoms with van der Waals surface area (Å²) in [5.41, 5.74) is 0.114. The molecular formula is C12H11F3O2S. The van der Waals surface area contributed by atoms with Gasteiger partial charge in [0.25, 0.3) is 0 Å². The fourth-order valence-electron chi connectivity index (χ4n) is 1.87. The number of thioether (sulfide) groups is 1. The maximum atomic E-state index is 12.5. The van der Waals surface area contributed by atoms with E-state index in [1.807, 2.05) is 0 Å². The topological polar surface area (TPSA) is 37.3 Å². The Morgan fingerprint density at radius 2 is 2.17 bits per heavy atom. The predicted octanol–water partition coefficient (Wildman–Crippen LogP) is 3.44. The van der Waals surface area contributed by atoms with Gasteiger partial charge in [0.1, 0.15) is 0 Å². The van der Waals surface area contributed by atoms with Crippen molar-refractivity contribution in [3.05, 3.63) is 29.3 Å². The van der Waals surface area contributed by atoms with E-state index in [4.69, 9.17) is 5.11 Å². The molecule has 2 nitrogen and oxygen atoms in total. The molecule has 1 aromatic carbocycles. The predicted molar refractivity (Wildman–Crippen MR) is 61.6 cm³/mol. The molecule has 0 radical (unpaired) electrons. The van der Waals surface area contributed by atoms with Gasteiger partial charge in [-0.1, -0.05) is 13.0 Å². The molecule has 2 rings (SSSR count). The molecule has 0 aliphatic carbocycles. The Balaban J connectivity index is 2.23. The van der Waals surface area contributed by atoms with Crippen molar-refractivity contribution in [1.82, 2.24) is 0 Å². The lowest BCUT2D eigenvalue weighted by molar-refractivity contribution is -0.141. The molecule has 0 saturated carbocycles. The number of carboxylic acids is 1. The minimum atomic E-state index is -4.36. The lowest BCUT2D eigenvalue weighted by Gasteiger charge is -2.12. The standard InChI is InChI=1S/C12H11F3O2S/c1-6(11(16)17)9-4-7-2-3-8(12(13,14)15)5-10(7)18-9/h2-3,5-6,9H,4H2,1H3,(H,16,17). The first-order valence-corrected chi connectivity index (χ1v) is 6.26. The summed E-state index contributed by atoms with van der Waals surface area (Å²) in [7, 11) is 0. The molecule has 6 heteroatoms. The molecule has 0 bridgehead atoms. The normalized spacial score (nSPS) is 20.6. The number of hydrogen-bond donors (Lipinski definition) is 1. The number of carbonyl (C=O) groups is 1. The van der Waals surface area contributed by atoms with E-state index in [-0.39, 0.29) is 5.25 Å². The van der Waals surface area contributed by atoms with Crippen LogP contribution in [0.15, 0.2) is 23.1 Å². The van der Waals surface area contributed by atoms with E-state index < -0.39 is 23.6 Å². The third-order valence-electron chi connectivity index (χ3n) is 3.04. The molecule has 1 aromatic rings. The first kappa shape index (κ1) is 13.3. The van der Waals surface area contributed by atoms with Crippen molar-refractivity contribution in [3.63, 3.8) is 0 Å². The SMILES string of the molecule is CC(C(=O)O)C1Cc2ccc(C(F)(F)F)cc2S1. The Morgan fingerprint density at radius 1 is 1.50 bits per heavy atom. The quantitative estimate of drug-likeness (QED) is 0.899. The molecule has 98 valence electrons. The van der Waals surface area contributed by atoms with Crippen LogP contribution in [0.3, 0.4) is 0 Å². The minimum absolute atomic E-state index is 0.194. The molecule has 1 aliphatic rings. The zero-order valence-electron chi connectivity index (χ0n) is 9.49. The van der Waals surface area contributed by atoms with E-state index in [1.165, 1.54) is 17.8 Å². The van der Waals surface area contributed by atoms with Crippen LogP contribution in [-0.4, -0.2) is 16.3 Å². The first-order chi connectivity index (χ1) is 8.29. The number of benzene rings is 1. The Labute approximate surface area is 106 Å². The molecule has 1 heterocycles. The van der Waals surface area contributed by atoms with Crippen molar-refractivity contribution < 1.29 is 23.1 Å². The molecule has 0 fully saturated rings. The van der Waals surface area contributed by atoms with E-state index in [0.717, 1.165) is 17.7 Å². The number of alkyl halides is 3. The van der Waals surface area contributed by atoms with Gasteiger partial charge < -0.3 is 5.11 Å². The van der Waals surface area contributed by atoms with Gasteiger partial charge in [0.15, 0.2) is 0 Å². The van der Waals surface area contributed by atoms with Gasteiger partial charge in [-0.15, -0.1) is 11.8 Å². The van der Waals surface area contributed by atoms with Gasteiger partial charge in [0, 0.05) is 10.1 Å². The Bertz CT molecular complexity index is 485. The molecule has 2 atom stereocenters. The molecule has 2 unspecified atom stereocenters. The summed E-state index contributed by atoms with van der Waals surface area (Å²) >= 11 is 1.22. The third kappa shape index (κ3) is 2.48. The number of aliphatic carboxylic acids is 1. The second-order valence-corrected chi connectivity index (χ2v) is 5.59. The van der Waals surface area contributed by atoms with E-state index >= 15 is 0 Å². The molecule has 18 heavy (non-hydrogen) atoms. The van der Waals surface area contributed by atoms with Crippen LogP contribution in [0, 0.1) is 5.92 Å². The summed E-state index contributed by atoms with van der Waals surface area (Å²) in [4.78, 5) is 11.4. The number of carboxylic acid groups (broad SMARTS) is 1. The van der Waals surface area contributed by atoms with Crippen LogP contribution >= 0.6 is 11.8 Å².